The molecule has 4 aliphatic heterocycles. The molecular weight excluding hydrogens is 366 g/mol. The average Bonchev–Trinajstić information content (AvgIpc) is 3.48. The third-order valence-electron chi connectivity index (χ3n) is 8.09. The highest BCUT2D eigenvalue weighted by Gasteiger charge is 2.41. The average molecular weight is 398 g/mol. The summed E-state index contributed by atoms with van der Waals surface area (Å²) in [6, 6.07) is 4.71. The van der Waals surface area contributed by atoms with Crippen LogP contribution in [0.2, 0.25) is 0 Å². The number of fused-ring (bicyclic) bond motifs is 6. The zero-order chi connectivity index (χ0) is 19.5. The van der Waals surface area contributed by atoms with E-state index in [0.717, 1.165) is 76.3 Å². The van der Waals surface area contributed by atoms with Crippen LogP contribution in [0.5, 0.6) is 0 Å². The summed E-state index contributed by atoms with van der Waals surface area (Å²) in [4.78, 5) is 30.8. The molecule has 156 valence electrons. The monoisotopic (exact) mass is 397 g/mol. The van der Waals surface area contributed by atoms with Crippen LogP contribution in [0, 0.1) is 11.8 Å². The van der Waals surface area contributed by atoms with E-state index < -0.39 is 0 Å². The van der Waals surface area contributed by atoms with E-state index in [1.54, 1.807) is 0 Å². The predicted octanol–water partition coefficient (Wildman–Crippen LogP) is 1.96. The fraction of sp³-hybridized carbons (Fsp3) is 0.739. The third kappa shape index (κ3) is 3.07. The Hall–Kier alpha value is -1.66. The minimum absolute atomic E-state index is 0.191. The SMILES string of the molecule is O=C(C1CCCC1)N1C[C@@H]2C[C@H](C1)c1ccc(CN3C[C@H]4C[C@@H]3CO4)c(=O)n1C2. The number of carbonyl (C=O) groups excluding carboxylic acids is 1. The molecule has 6 nitrogen and oxygen atoms in total. The quantitative estimate of drug-likeness (QED) is 0.782. The van der Waals surface area contributed by atoms with Crippen molar-refractivity contribution in [2.45, 2.75) is 69.7 Å². The molecule has 0 spiro atoms. The van der Waals surface area contributed by atoms with Crippen LogP contribution in [0.4, 0.5) is 0 Å². The number of hydrogen-bond donors (Lipinski definition) is 0. The number of aromatic nitrogens is 1. The number of ether oxygens (including phenoxy) is 1. The van der Waals surface area contributed by atoms with Crippen LogP contribution in [0.3, 0.4) is 0 Å². The summed E-state index contributed by atoms with van der Waals surface area (Å²) in [6.07, 6.45) is 7.11. The molecule has 1 amide bonds. The lowest BCUT2D eigenvalue weighted by Gasteiger charge is -2.43. The Morgan fingerprint density at radius 3 is 2.69 bits per heavy atom. The van der Waals surface area contributed by atoms with Crippen molar-refractivity contribution in [2.24, 2.45) is 11.8 Å². The number of carbonyl (C=O) groups is 1. The molecule has 3 saturated heterocycles. The van der Waals surface area contributed by atoms with Crippen molar-refractivity contribution in [1.29, 1.82) is 0 Å². The molecule has 6 rings (SSSR count). The molecular formula is C23H31N3O3. The molecule has 1 aromatic heterocycles. The first-order chi connectivity index (χ1) is 14.2. The molecule has 0 unspecified atom stereocenters. The van der Waals surface area contributed by atoms with Crippen LogP contribution in [0.25, 0.3) is 0 Å². The third-order valence-corrected chi connectivity index (χ3v) is 8.09. The lowest BCUT2D eigenvalue weighted by atomic mass is 9.82. The normalized spacial score (nSPS) is 34.0. The van der Waals surface area contributed by atoms with Crippen LogP contribution < -0.4 is 5.56 Å². The van der Waals surface area contributed by atoms with Crippen LogP contribution >= 0.6 is 0 Å². The van der Waals surface area contributed by atoms with E-state index in [4.69, 9.17) is 4.74 Å². The smallest absolute Gasteiger partial charge is 0.255 e. The van der Waals surface area contributed by atoms with Crippen LogP contribution in [-0.4, -0.2) is 58.7 Å². The van der Waals surface area contributed by atoms with Crippen LogP contribution in [-0.2, 0) is 22.6 Å². The number of rotatable bonds is 3. The number of nitrogens with zero attached hydrogens (tertiary/aromatic N) is 3. The van der Waals surface area contributed by atoms with Crippen LogP contribution in [0.15, 0.2) is 16.9 Å². The highest BCUT2D eigenvalue weighted by Crippen LogP contribution is 2.37. The maximum absolute atomic E-state index is 13.3. The number of piperidine rings is 1. The molecule has 4 atom stereocenters. The molecule has 4 fully saturated rings. The van der Waals surface area contributed by atoms with Crippen molar-refractivity contribution in [2.75, 3.05) is 26.2 Å². The maximum Gasteiger partial charge on any atom is 0.255 e. The van der Waals surface area contributed by atoms with Gasteiger partial charge in [-0.05, 0) is 37.7 Å². The predicted molar refractivity (Wildman–Crippen MR) is 109 cm³/mol. The van der Waals surface area contributed by atoms with Crippen molar-refractivity contribution in [3.8, 4) is 0 Å². The summed E-state index contributed by atoms with van der Waals surface area (Å²) in [5.74, 6) is 1.34. The van der Waals surface area contributed by atoms with E-state index in [1.807, 2.05) is 4.57 Å². The summed E-state index contributed by atoms with van der Waals surface area (Å²) in [7, 11) is 0. The Morgan fingerprint density at radius 2 is 1.93 bits per heavy atom. The van der Waals surface area contributed by atoms with Gasteiger partial charge in [-0.3, -0.25) is 14.5 Å². The Bertz CT molecular complexity index is 875. The van der Waals surface area contributed by atoms with Crippen molar-refractivity contribution in [3.05, 3.63) is 33.7 Å². The van der Waals surface area contributed by atoms with Crippen molar-refractivity contribution >= 4 is 5.91 Å². The molecule has 6 heteroatoms. The molecule has 1 aliphatic carbocycles. The lowest BCUT2D eigenvalue weighted by molar-refractivity contribution is -0.138. The van der Waals surface area contributed by atoms with E-state index in [0.29, 0.717) is 29.9 Å². The van der Waals surface area contributed by atoms with Crippen LogP contribution in [0.1, 0.15) is 55.7 Å². The number of hydrogen-bond acceptors (Lipinski definition) is 4. The summed E-state index contributed by atoms with van der Waals surface area (Å²) in [6.45, 7) is 4.89. The summed E-state index contributed by atoms with van der Waals surface area (Å²) in [5.41, 5.74) is 2.25. The largest absolute Gasteiger partial charge is 0.375 e. The second-order valence-electron chi connectivity index (χ2n) is 10.00. The Balaban J connectivity index is 1.22. The first-order valence-corrected chi connectivity index (χ1v) is 11.5. The summed E-state index contributed by atoms with van der Waals surface area (Å²) in [5, 5.41) is 0. The fourth-order valence-corrected chi connectivity index (χ4v) is 6.61. The Labute approximate surface area is 171 Å². The molecule has 0 aromatic carbocycles. The molecule has 0 radical (unpaired) electrons. The van der Waals surface area contributed by atoms with Crippen molar-refractivity contribution < 1.29 is 9.53 Å². The molecule has 5 heterocycles. The highest BCUT2D eigenvalue weighted by molar-refractivity contribution is 5.79. The van der Waals surface area contributed by atoms with E-state index >= 15 is 0 Å². The van der Waals surface area contributed by atoms with Gasteiger partial charge in [0.15, 0.2) is 0 Å². The van der Waals surface area contributed by atoms with Gasteiger partial charge in [-0.15, -0.1) is 0 Å². The molecule has 1 saturated carbocycles. The van der Waals surface area contributed by atoms with Gasteiger partial charge in [-0.25, -0.2) is 0 Å². The van der Waals surface area contributed by atoms with Gasteiger partial charge in [-0.1, -0.05) is 18.9 Å². The lowest BCUT2D eigenvalue weighted by Crippen LogP contribution is -2.50. The minimum atomic E-state index is 0.191. The van der Waals surface area contributed by atoms with Gasteiger partial charge in [0.25, 0.3) is 5.56 Å². The van der Waals surface area contributed by atoms with Gasteiger partial charge >= 0.3 is 0 Å². The zero-order valence-electron chi connectivity index (χ0n) is 17.1. The first-order valence-electron chi connectivity index (χ1n) is 11.5. The van der Waals surface area contributed by atoms with E-state index in [-0.39, 0.29) is 11.5 Å². The zero-order valence-corrected chi connectivity index (χ0v) is 17.1. The molecule has 0 N–H and O–H groups in total. The Kier molecular flexibility index (Phi) is 4.34. The Morgan fingerprint density at radius 1 is 1.07 bits per heavy atom. The fourth-order valence-electron chi connectivity index (χ4n) is 6.61. The van der Waals surface area contributed by atoms with E-state index in [1.165, 1.54) is 12.8 Å². The van der Waals surface area contributed by atoms with Gasteiger partial charge < -0.3 is 14.2 Å². The number of likely N-dealkylation sites (tertiary alicyclic amines) is 2. The van der Waals surface area contributed by atoms with Crippen molar-refractivity contribution in [1.82, 2.24) is 14.4 Å². The van der Waals surface area contributed by atoms with E-state index in [9.17, 15) is 9.59 Å². The van der Waals surface area contributed by atoms with E-state index in [2.05, 4.69) is 21.9 Å². The molecule has 5 aliphatic rings. The first kappa shape index (κ1) is 18.1. The van der Waals surface area contributed by atoms with Gasteiger partial charge in [-0.2, -0.15) is 0 Å². The maximum atomic E-state index is 13.3. The number of amides is 1. The highest BCUT2D eigenvalue weighted by atomic mass is 16.5. The topological polar surface area (TPSA) is 54.8 Å². The standard InChI is InChI=1S/C23H31N3O3/c27-22(16-3-1-2-4-16)25-9-15-7-18(12-25)21-6-5-17(23(28)26(21)10-15)11-24-13-20-8-19(24)14-29-20/h5-6,15-16,18-20H,1-4,7-14H2/t15-,18+,19+,20+/m0/s1. The van der Waals surface area contributed by atoms with Gasteiger partial charge in [0.05, 0.1) is 12.7 Å². The minimum Gasteiger partial charge on any atom is -0.375 e. The summed E-state index contributed by atoms with van der Waals surface area (Å²) >= 11 is 0. The second-order valence-corrected chi connectivity index (χ2v) is 10.00. The van der Waals surface area contributed by atoms with Crippen molar-refractivity contribution in [3.63, 3.8) is 0 Å². The second kappa shape index (κ2) is 6.95. The molecule has 4 bridgehead atoms. The van der Waals surface area contributed by atoms with Gasteiger partial charge in [0, 0.05) is 61.9 Å². The molecule has 1 aromatic rings. The number of morpholine rings is 1. The summed E-state index contributed by atoms with van der Waals surface area (Å²) < 4.78 is 7.74. The van der Waals surface area contributed by atoms with Gasteiger partial charge in [0.2, 0.25) is 5.91 Å². The molecule has 29 heavy (non-hydrogen) atoms. The number of pyridine rings is 1. The van der Waals surface area contributed by atoms with Gasteiger partial charge in [0.1, 0.15) is 0 Å².